The Morgan fingerprint density at radius 3 is 2.51 bits per heavy atom. The van der Waals surface area contributed by atoms with E-state index in [1.807, 2.05) is 18.2 Å². The van der Waals surface area contributed by atoms with E-state index >= 15 is 0 Å². The lowest BCUT2D eigenvalue weighted by Gasteiger charge is -2.29. The second-order valence-electron chi connectivity index (χ2n) is 9.52. The summed E-state index contributed by atoms with van der Waals surface area (Å²) < 4.78 is 28.8. The Kier molecular flexibility index (Phi) is 7.37. The largest absolute Gasteiger partial charge is 0.279 e. The predicted octanol–water partition coefficient (Wildman–Crippen LogP) is 5.52. The number of pyridine rings is 1. The number of carbonyl (C=O) groups excluding carboxylic acids is 1. The molecule has 1 aliphatic heterocycles. The van der Waals surface area contributed by atoms with Crippen molar-refractivity contribution in [3.05, 3.63) is 83.7 Å². The number of nitrogens with zero attached hydrogens (tertiary/aromatic N) is 4. The van der Waals surface area contributed by atoms with Crippen molar-refractivity contribution >= 4 is 42.6 Å². The molecule has 2 aromatic heterocycles. The summed E-state index contributed by atoms with van der Waals surface area (Å²) in [6.07, 6.45) is 6.08. The van der Waals surface area contributed by atoms with Crippen molar-refractivity contribution < 1.29 is 13.2 Å². The maximum absolute atomic E-state index is 13.8. The van der Waals surface area contributed by atoms with Gasteiger partial charge >= 0.3 is 0 Å². The van der Waals surface area contributed by atoms with Crippen molar-refractivity contribution in [2.24, 2.45) is 5.92 Å². The van der Waals surface area contributed by atoms with Gasteiger partial charge in [-0.2, -0.15) is 4.31 Å². The fraction of sp³-hybridized carbons (Fsp3) is 0.321. The maximum atomic E-state index is 13.8. The van der Waals surface area contributed by atoms with Gasteiger partial charge in [0, 0.05) is 31.0 Å². The molecule has 1 saturated heterocycles. The number of carbonyl (C=O) groups is 1. The zero-order valence-corrected chi connectivity index (χ0v) is 22.6. The van der Waals surface area contributed by atoms with E-state index in [4.69, 9.17) is 4.98 Å². The number of sulfonamides is 1. The first-order valence-corrected chi connectivity index (χ1v) is 14.8. The fourth-order valence-corrected chi connectivity index (χ4v) is 6.99. The van der Waals surface area contributed by atoms with Crippen molar-refractivity contribution in [3.63, 3.8) is 0 Å². The minimum atomic E-state index is -3.58. The Hall–Kier alpha value is -3.14. The van der Waals surface area contributed by atoms with Crippen LogP contribution in [0.5, 0.6) is 0 Å². The van der Waals surface area contributed by atoms with Crippen LogP contribution in [0.15, 0.2) is 71.9 Å². The van der Waals surface area contributed by atoms with E-state index in [2.05, 4.69) is 31.0 Å². The Morgan fingerprint density at radius 1 is 1.08 bits per heavy atom. The zero-order valence-electron chi connectivity index (χ0n) is 21.0. The molecule has 0 aliphatic carbocycles. The summed E-state index contributed by atoms with van der Waals surface area (Å²) in [7, 11) is -3.58. The summed E-state index contributed by atoms with van der Waals surface area (Å²) in [6.45, 7) is 5.62. The minimum absolute atomic E-state index is 0.212. The predicted molar refractivity (Wildman–Crippen MR) is 147 cm³/mol. The van der Waals surface area contributed by atoms with E-state index in [0.29, 0.717) is 36.2 Å². The maximum Gasteiger partial charge on any atom is 0.260 e. The quantitative estimate of drug-likeness (QED) is 0.312. The van der Waals surface area contributed by atoms with Crippen molar-refractivity contribution in [1.82, 2.24) is 14.3 Å². The normalized spacial score (nSPS) is 15.2. The zero-order chi connectivity index (χ0) is 26.0. The van der Waals surface area contributed by atoms with E-state index < -0.39 is 10.0 Å². The van der Waals surface area contributed by atoms with Gasteiger partial charge in [0.05, 0.1) is 21.7 Å². The topological polar surface area (TPSA) is 83.5 Å². The van der Waals surface area contributed by atoms with Gasteiger partial charge in [0.1, 0.15) is 0 Å². The van der Waals surface area contributed by atoms with Gasteiger partial charge in [-0.3, -0.25) is 14.7 Å². The molecule has 3 heterocycles. The second-order valence-corrected chi connectivity index (χ2v) is 12.5. The first-order chi connectivity index (χ1) is 17.8. The standard InChI is InChI=1S/C28H30N4O3S2/c1-3-21-6-11-25-26(17-21)36-28(30-25)32(19-22-5-4-14-29-18-22)27(33)23-7-9-24(10-8-23)37(34,35)31-15-12-20(2)13-16-31/h4-11,14,17-18,20H,3,12-13,15-16,19H2,1-2H3. The molecule has 1 amide bonds. The van der Waals surface area contributed by atoms with Gasteiger partial charge in [-0.25, -0.2) is 13.4 Å². The highest BCUT2D eigenvalue weighted by atomic mass is 32.2. The monoisotopic (exact) mass is 534 g/mol. The highest BCUT2D eigenvalue weighted by Crippen LogP contribution is 2.32. The highest BCUT2D eigenvalue weighted by molar-refractivity contribution is 7.89. The van der Waals surface area contributed by atoms with Crippen LogP contribution in [0.25, 0.3) is 10.2 Å². The minimum Gasteiger partial charge on any atom is -0.279 e. The smallest absolute Gasteiger partial charge is 0.260 e. The first-order valence-electron chi connectivity index (χ1n) is 12.6. The van der Waals surface area contributed by atoms with E-state index in [0.717, 1.165) is 35.0 Å². The molecule has 5 rings (SSSR count). The molecule has 0 atom stereocenters. The number of piperidine rings is 1. The Labute approximate surface area is 221 Å². The molecule has 0 N–H and O–H groups in total. The summed E-state index contributed by atoms with van der Waals surface area (Å²) in [4.78, 5) is 24.6. The summed E-state index contributed by atoms with van der Waals surface area (Å²) in [5.41, 5.74) is 3.35. The molecule has 1 aliphatic rings. The molecular formula is C28H30N4O3S2. The van der Waals surface area contributed by atoms with Gasteiger partial charge in [0.15, 0.2) is 5.13 Å². The molecule has 7 nitrogen and oxygen atoms in total. The Bertz CT molecular complexity index is 1490. The summed E-state index contributed by atoms with van der Waals surface area (Å²) in [6, 6.07) is 16.2. The number of anilines is 1. The van der Waals surface area contributed by atoms with Crippen LogP contribution in [-0.2, 0) is 23.0 Å². The lowest BCUT2D eigenvalue weighted by Crippen LogP contribution is -2.37. The number of rotatable bonds is 7. The van der Waals surface area contributed by atoms with Gasteiger partial charge in [-0.05, 0) is 78.8 Å². The fourth-order valence-electron chi connectivity index (χ4n) is 4.49. The lowest BCUT2D eigenvalue weighted by atomic mass is 10.0. The average Bonchev–Trinajstić information content (AvgIpc) is 3.35. The number of fused-ring (bicyclic) bond motifs is 1. The molecule has 2 aromatic carbocycles. The third kappa shape index (κ3) is 5.44. The van der Waals surface area contributed by atoms with Crippen LogP contribution in [0.4, 0.5) is 5.13 Å². The Morgan fingerprint density at radius 2 is 1.84 bits per heavy atom. The van der Waals surface area contributed by atoms with Gasteiger partial charge in [-0.1, -0.05) is 37.3 Å². The van der Waals surface area contributed by atoms with E-state index in [-0.39, 0.29) is 10.8 Å². The van der Waals surface area contributed by atoms with E-state index in [9.17, 15) is 13.2 Å². The summed E-state index contributed by atoms with van der Waals surface area (Å²) >= 11 is 1.47. The van der Waals surface area contributed by atoms with E-state index in [1.165, 1.54) is 29.0 Å². The number of hydrogen-bond donors (Lipinski definition) is 0. The molecular weight excluding hydrogens is 504 g/mol. The molecule has 192 valence electrons. The molecule has 0 radical (unpaired) electrons. The number of benzene rings is 2. The summed E-state index contributed by atoms with van der Waals surface area (Å²) in [5.74, 6) is 0.294. The van der Waals surface area contributed by atoms with Crippen LogP contribution in [0.2, 0.25) is 0 Å². The molecule has 0 saturated carbocycles. The lowest BCUT2D eigenvalue weighted by molar-refractivity contribution is 0.0985. The van der Waals surface area contributed by atoms with Gasteiger partial charge in [0.25, 0.3) is 5.91 Å². The molecule has 9 heteroatoms. The molecule has 37 heavy (non-hydrogen) atoms. The Balaban J connectivity index is 1.45. The third-order valence-electron chi connectivity index (χ3n) is 6.87. The first kappa shape index (κ1) is 25.5. The highest BCUT2D eigenvalue weighted by Gasteiger charge is 2.29. The number of aryl methyl sites for hydroxylation is 1. The third-order valence-corrected chi connectivity index (χ3v) is 9.83. The molecule has 0 spiro atoms. The molecule has 4 aromatic rings. The van der Waals surface area contributed by atoms with Crippen molar-refractivity contribution in [2.75, 3.05) is 18.0 Å². The molecule has 0 unspecified atom stereocenters. The van der Waals surface area contributed by atoms with Crippen LogP contribution < -0.4 is 4.90 Å². The van der Waals surface area contributed by atoms with Crippen molar-refractivity contribution in [2.45, 2.75) is 44.6 Å². The number of hydrogen-bond acceptors (Lipinski definition) is 6. The van der Waals surface area contributed by atoms with Crippen LogP contribution in [0.1, 0.15) is 48.2 Å². The number of thiazole rings is 1. The van der Waals surface area contributed by atoms with E-state index in [1.54, 1.807) is 33.7 Å². The summed E-state index contributed by atoms with van der Waals surface area (Å²) in [5, 5.41) is 0.594. The van der Waals surface area contributed by atoms with Crippen molar-refractivity contribution in [1.29, 1.82) is 0 Å². The molecule has 0 bridgehead atoms. The van der Waals surface area contributed by atoms with Gasteiger partial charge in [0.2, 0.25) is 10.0 Å². The number of amides is 1. The molecule has 1 fully saturated rings. The van der Waals surface area contributed by atoms with Gasteiger partial charge in [-0.15, -0.1) is 0 Å². The van der Waals surface area contributed by atoms with Gasteiger partial charge < -0.3 is 0 Å². The number of aromatic nitrogens is 2. The van der Waals surface area contributed by atoms with Crippen LogP contribution in [0, 0.1) is 5.92 Å². The second kappa shape index (κ2) is 10.7. The van der Waals surface area contributed by atoms with Crippen LogP contribution in [-0.4, -0.2) is 41.7 Å². The average molecular weight is 535 g/mol. The van der Waals surface area contributed by atoms with Crippen LogP contribution in [0.3, 0.4) is 0 Å². The van der Waals surface area contributed by atoms with Crippen LogP contribution >= 0.6 is 11.3 Å². The van der Waals surface area contributed by atoms with Crippen molar-refractivity contribution in [3.8, 4) is 0 Å². The SMILES string of the molecule is CCc1ccc2nc(N(Cc3cccnc3)C(=O)c3ccc(S(=O)(=O)N4CCC(C)CC4)cc3)sc2c1.